The van der Waals surface area contributed by atoms with Crippen molar-refractivity contribution in [3.63, 3.8) is 0 Å². The van der Waals surface area contributed by atoms with Crippen LogP contribution in [-0.2, 0) is 11.8 Å². The van der Waals surface area contributed by atoms with Gasteiger partial charge < -0.3 is 14.8 Å². The predicted octanol–water partition coefficient (Wildman–Crippen LogP) is 0.720. The number of imidazole rings is 1. The van der Waals surface area contributed by atoms with Gasteiger partial charge in [-0.05, 0) is 12.1 Å². The number of aromatic nitrogens is 2. The number of carbonyl (C=O) groups is 1. The van der Waals surface area contributed by atoms with Crippen molar-refractivity contribution in [2.24, 2.45) is 7.05 Å². The van der Waals surface area contributed by atoms with E-state index < -0.39 is 5.97 Å². The van der Waals surface area contributed by atoms with Crippen molar-refractivity contribution >= 4 is 17.0 Å². The second-order valence-corrected chi connectivity index (χ2v) is 3.66. The number of carboxylic acids is 1. The number of fused-ring (bicyclic) bond motifs is 1. The van der Waals surface area contributed by atoms with Crippen LogP contribution in [-0.4, -0.2) is 27.2 Å². The summed E-state index contributed by atoms with van der Waals surface area (Å²) in [7, 11) is 1.67. The zero-order valence-corrected chi connectivity index (χ0v) is 9.27. The Labute approximate surface area is 96.4 Å². The van der Waals surface area contributed by atoms with Gasteiger partial charge >= 0.3 is 11.7 Å². The number of nitrogens with one attached hydrogen (secondary N) is 1. The second-order valence-electron chi connectivity index (χ2n) is 3.66. The van der Waals surface area contributed by atoms with Crippen LogP contribution in [0.4, 0.5) is 0 Å². The summed E-state index contributed by atoms with van der Waals surface area (Å²) in [5.74, 6) is -0.361. The monoisotopic (exact) mass is 236 g/mol. The molecule has 0 aliphatic rings. The number of rotatable bonds is 4. The molecular formula is C11H12N2O4. The summed E-state index contributed by atoms with van der Waals surface area (Å²) >= 11 is 0. The van der Waals surface area contributed by atoms with Crippen LogP contribution in [0.1, 0.15) is 6.42 Å². The van der Waals surface area contributed by atoms with Crippen molar-refractivity contribution in [2.75, 3.05) is 6.61 Å². The smallest absolute Gasteiger partial charge is 0.326 e. The van der Waals surface area contributed by atoms with Gasteiger partial charge in [0.15, 0.2) is 0 Å². The van der Waals surface area contributed by atoms with Gasteiger partial charge in [0.05, 0.1) is 24.1 Å². The lowest BCUT2D eigenvalue weighted by molar-refractivity contribution is -0.137. The van der Waals surface area contributed by atoms with Crippen molar-refractivity contribution in [2.45, 2.75) is 6.42 Å². The molecule has 0 atom stereocenters. The Balaban J connectivity index is 2.20. The molecule has 2 rings (SSSR count). The summed E-state index contributed by atoms with van der Waals surface area (Å²) in [5, 5.41) is 8.47. The Morgan fingerprint density at radius 2 is 2.29 bits per heavy atom. The molecular weight excluding hydrogens is 224 g/mol. The zero-order valence-electron chi connectivity index (χ0n) is 9.27. The van der Waals surface area contributed by atoms with E-state index in [2.05, 4.69) is 4.98 Å². The van der Waals surface area contributed by atoms with Gasteiger partial charge in [0, 0.05) is 13.1 Å². The number of H-pyrrole nitrogens is 1. The number of hydrogen-bond acceptors (Lipinski definition) is 3. The molecule has 0 amide bonds. The number of nitrogens with zero attached hydrogens (tertiary/aromatic N) is 1. The Morgan fingerprint density at radius 3 is 3.00 bits per heavy atom. The maximum absolute atomic E-state index is 11.3. The van der Waals surface area contributed by atoms with Crippen LogP contribution in [0.2, 0.25) is 0 Å². The van der Waals surface area contributed by atoms with Crippen LogP contribution >= 0.6 is 0 Å². The highest BCUT2D eigenvalue weighted by atomic mass is 16.5. The van der Waals surface area contributed by atoms with E-state index in [0.717, 1.165) is 5.52 Å². The Morgan fingerprint density at radius 1 is 1.53 bits per heavy atom. The number of ether oxygens (including phenoxy) is 1. The normalized spacial score (nSPS) is 10.6. The topological polar surface area (TPSA) is 84.3 Å². The van der Waals surface area contributed by atoms with Gasteiger partial charge in [0.2, 0.25) is 0 Å². The van der Waals surface area contributed by atoms with E-state index in [-0.39, 0.29) is 18.7 Å². The van der Waals surface area contributed by atoms with Gasteiger partial charge in [-0.3, -0.25) is 9.36 Å². The van der Waals surface area contributed by atoms with Crippen LogP contribution in [0, 0.1) is 0 Å². The van der Waals surface area contributed by atoms with E-state index in [1.807, 2.05) is 0 Å². The van der Waals surface area contributed by atoms with E-state index in [1.54, 1.807) is 25.2 Å². The zero-order chi connectivity index (χ0) is 12.4. The average molecular weight is 236 g/mol. The standard InChI is InChI=1S/C11H12N2O4/c1-13-9-3-2-7(17-5-4-10(14)15)6-8(9)12-11(13)16/h2-3,6H,4-5H2,1H3,(H,12,16)(H,14,15). The lowest BCUT2D eigenvalue weighted by atomic mass is 10.3. The lowest BCUT2D eigenvalue weighted by Gasteiger charge is -2.04. The van der Waals surface area contributed by atoms with Gasteiger partial charge in [-0.2, -0.15) is 0 Å². The number of hydrogen-bond donors (Lipinski definition) is 2. The van der Waals surface area contributed by atoms with Crippen LogP contribution in [0.5, 0.6) is 5.75 Å². The maximum Gasteiger partial charge on any atom is 0.326 e. The molecule has 0 aliphatic heterocycles. The molecule has 17 heavy (non-hydrogen) atoms. The molecule has 1 aromatic heterocycles. The number of benzene rings is 1. The van der Waals surface area contributed by atoms with Crippen LogP contribution < -0.4 is 10.4 Å². The molecule has 0 spiro atoms. The fourth-order valence-electron chi connectivity index (χ4n) is 1.56. The van der Waals surface area contributed by atoms with Crippen molar-refractivity contribution in [3.8, 4) is 5.75 Å². The minimum absolute atomic E-state index is 0.0522. The fourth-order valence-corrected chi connectivity index (χ4v) is 1.56. The summed E-state index contributed by atoms with van der Waals surface area (Å²) in [6.07, 6.45) is -0.0522. The van der Waals surface area contributed by atoms with Crippen LogP contribution in [0.3, 0.4) is 0 Å². The molecule has 6 heteroatoms. The maximum atomic E-state index is 11.3. The highest BCUT2D eigenvalue weighted by Gasteiger charge is 2.04. The summed E-state index contributed by atoms with van der Waals surface area (Å²) in [6, 6.07) is 5.14. The summed E-state index contributed by atoms with van der Waals surface area (Å²) in [5.41, 5.74) is 1.26. The first-order valence-electron chi connectivity index (χ1n) is 5.11. The van der Waals surface area contributed by atoms with Gasteiger partial charge in [0.1, 0.15) is 5.75 Å². The van der Waals surface area contributed by atoms with Crippen LogP contribution in [0.25, 0.3) is 11.0 Å². The number of aromatic amines is 1. The largest absolute Gasteiger partial charge is 0.493 e. The minimum atomic E-state index is -0.904. The molecule has 0 unspecified atom stereocenters. The first kappa shape index (κ1) is 11.3. The molecule has 0 fully saturated rings. The quantitative estimate of drug-likeness (QED) is 0.819. The predicted molar refractivity (Wildman–Crippen MR) is 61.3 cm³/mol. The van der Waals surface area contributed by atoms with Crippen molar-refractivity contribution in [1.29, 1.82) is 0 Å². The molecule has 0 saturated heterocycles. The Hall–Kier alpha value is -2.24. The Kier molecular flexibility index (Phi) is 2.86. The van der Waals surface area contributed by atoms with E-state index in [4.69, 9.17) is 9.84 Å². The third-order valence-electron chi connectivity index (χ3n) is 2.46. The first-order valence-corrected chi connectivity index (χ1v) is 5.11. The van der Waals surface area contributed by atoms with Gasteiger partial charge in [-0.25, -0.2) is 4.79 Å². The Bertz CT molecular complexity index is 611. The van der Waals surface area contributed by atoms with E-state index >= 15 is 0 Å². The van der Waals surface area contributed by atoms with Crippen molar-refractivity contribution in [3.05, 3.63) is 28.7 Å². The number of aryl methyl sites for hydroxylation is 1. The van der Waals surface area contributed by atoms with Crippen molar-refractivity contribution in [1.82, 2.24) is 9.55 Å². The van der Waals surface area contributed by atoms with Gasteiger partial charge in [-0.15, -0.1) is 0 Å². The molecule has 2 aromatic rings. The fraction of sp³-hybridized carbons (Fsp3) is 0.273. The molecule has 0 saturated carbocycles. The average Bonchev–Trinajstić information content (AvgIpc) is 2.54. The third-order valence-corrected chi connectivity index (χ3v) is 2.46. The number of carboxylic acid groups (broad SMARTS) is 1. The molecule has 2 N–H and O–H groups in total. The van der Waals surface area contributed by atoms with E-state index in [1.165, 1.54) is 4.57 Å². The van der Waals surface area contributed by atoms with Gasteiger partial charge in [0.25, 0.3) is 0 Å². The molecule has 0 bridgehead atoms. The first-order chi connectivity index (χ1) is 8.08. The SMILES string of the molecule is Cn1c(=O)[nH]c2cc(OCCC(=O)O)ccc21. The highest BCUT2D eigenvalue weighted by Crippen LogP contribution is 2.17. The number of aliphatic carboxylic acids is 1. The molecule has 1 aromatic carbocycles. The minimum Gasteiger partial charge on any atom is -0.493 e. The van der Waals surface area contributed by atoms with Crippen molar-refractivity contribution < 1.29 is 14.6 Å². The molecule has 6 nitrogen and oxygen atoms in total. The summed E-state index contributed by atoms with van der Waals surface area (Å²) < 4.78 is 6.76. The molecule has 0 radical (unpaired) electrons. The van der Waals surface area contributed by atoms with Crippen LogP contribution in [0.15, 0.2) is 23.0 Å². The molecule has 90 valence electrons. The lowest BCUT2D eigenvalue weighted by Crippen LogP contribution is -2.11. The van der Waals surface area contributed by atoms with Gasteiger partial charge in [-0.1, -0.05) is 0 Å². The van der Waals surface area contributed by atoms with E-state index in [9.17, 15) is 9.59 Å². The highest BCUT2D eigenvalue weighted by molar-refractivity contribution is 5.76. The van der Waals surface area contributed by atoms with E-state index in [0.29, 0.717) is 11.3 Å². The molecule has 1 heterocycles. The summed E-state index contributed by atoms with van der Waals surface area (Å²) in [6.45, 7) is 0.109. The second kappa shape index (κ2) is 4.32. The third kappa shape index (κ3) is 2.30. The summed E-state index contributed by atoms with van der Waals surface area (Å²) in [4.78, 5) is 24.3. The molecule has 0 aliphatic carbocycles.